The third-order valence-electron chi connectivity index (χ3n) is 4.64. The maximum Gasteiger partial charge on any atom is 0.118 e. The summed E-state index contributed by atoms with van der Waals surface area (Å²) in [5, 5.41) is 4.48. The van der Waals surface area contributed by atoms with Gasteiger partial charge in [-0.05, 0) is 37.3 Å². The quantitative estimate of drug-likeness (QED) is 0.682. The average Bonchev–Trinajstić information content (AvgIpc) is 3.21. The number of rotatable bonds is 6. The summed E-state index contributed by atoms with van der Waals surface area (Å²) < 4.78 is 13.8. The zero-order valence-electron chi connectivity index (χ0n) is 15.0. The normalized spacial score (nSPS) is 17.8. The molecule has 4 rings (SSSR count). The molecule has 0 radical (unpaired) electrons. The number of ether oxygens (including phenoxy) is 1. The molecule has 1 aliphatic heterocycles. The summed E-state index contributed by atoms with van der Waals surface area (Å²) in [5.74, 6) is 2.33. The van der Waals surface area contributed by atoms with Crippen LogP contribution in [0.5, 0.6) is 0 Å². The number of pyridine rings is 1. The van der Waals surface area contributed by atoms with Crippen molar-refractivity contribution in [1.29, 1.82) is 0 Å². The zero-order chi connectivity index (χ0) is 17.8. The second-order valence-corrected chi connectivity index (χ2v) is 6.89. The Morgan fingerprint density at radius 1 is 1.15 bits per heavy atom. The van der Waals surface area contributed by atoms with Gasteiger partial charge in [-0.3, -0.25) is 14.6 Å². The van der Waals surface area contributed by atoms with E-state index >= 15 is 0 Å². The van der Waals surface area contributed by atoms with E-state index < -0.39 is 0 Å². The molecule has 0 aliphatic carbocycles. The fourth-order valence-electron chi connectivity index (χ4n) is 3.45. The molecule has 4 heterocycles. The Morgan fingerprint density at radius 3 is 2.92 bits per heavy atom. The number of furan rings is 1. The molecule has 0 saturated carbocycles. The molecule has 1 aliphatic rings. The number of hydrogen-bond donors (Lipinski definition) is 0. The molecule has 0 saturated heterocycles. The van der Waals surface area contributed by atoms with Gasteiger partial charge < -0.3 is 9.15 Å². The van der Waals surface area contributed by atoms with Crippen LogP contribution < -0.4 is 0 Å². The largest absolute Gasteiger partial charge is 0.465 e. The molecule has 0 amide bonds. The third kappa shape index (κ3) is 4.20. The molecule has 136 valence electrons. The predicted molar refractivity (Wildman–Crippen MR) is 97.2 cm³/mol. The van der Waals surface area contributed by atoms with Gasteiger partial charge >= 0.3 is 0 Å². The maximum absolute atomic E-state index is 5.96. The molecular weight excluding hydrogens is 328 g/mol. The van der Waals surface area contributed by atoms with Crippen molar-refractivity contribution in [2.75, 3.05) is 13.2 Å². The Hall–Kier alpha value is -2.44. The lowest BCUT2D eigenvalue weighted by Crippen LogP contribution is -2.30. The third-order valence-corrected chi connectivity index (χ3v) is 4.64. The summed E-state index contributed by atoms with van der Waals surface area (Å²) >= 11 is 0. The molecular formula is C20H24N4O2. The molecule has 0 fully saturated rings. The number of hydrogen-bond acceptors (Lipinski definition) is 5. The maximum atomic E-state index is 5.96. The molecule has 0 aromatic carbocycles. The summed E-state index contributed by atoms with van der Waals surface area (Å²) in [4.78, 5) is 6.73. The van der Waals surface area contributed by atoms with Gasteiger partial charge in [0.05, 0.1) is 31.1 Å². The lowest BCUT2D eigenvalue weighted by Gasteiger charge is -2.22. The van der Waals surface area contributed by atoms with Gasteiger partial charge in [0.1, 0.15) is 11.5 Å². The van der Waals surface area contributed by atoms with Crippen molar-refractivity contribution in [3.63, 3.8) is 0 Å². The van der Waals surface area contributed by atoms with E-state index in [1.807, 2.05) is 37.4 Å². The van der Waals surface area contributed by atoms with Crippen LogP contribution in [0, 0.1) is 12.8 Å². The van der Waals surface area contributed by atoms with Crippen LogP contribution in [0.15, 0.2) is 53.2 Å². The molecule has 1 atom stereocenters. The highest BCUT2D eigenvalue weighted by atomic mass is 16.5. The van der Waals surface area contributed by atoms with Crippen molar-refractivity contribution >= 4 is 0 Å². The summed E-state index contributed by atoms with van der Waals surface area (Å²) in [7, 11) is 0. The van der Waals surface area contributed by atoms with E-state index in [1.54, 1.807) is 6.20 Å². The monoisotopic (exact) mass is 352 g/mol. The number of nitrogens with zero attached hydrogens (tertiary/aromatic N) is 4. The van der Waals surface area contributed by atoms with E-state index in [-0.39, 0.29) is 0 Å². The highest BCUT2D eigenvalue weighted by Crippen LogP contribution is 2.19. The number of fused-ring (bicyclic) bond motifs is 1. The van der Waals surface area contributed by atoms with Gasteiger partial charge in [0, 0.05) is 37.9 Å². The van der Waals surface area contributed by atoms with Crippen LogP contribution in [0.3, 0.4) is 0 Å². The van der Waals surface area contributed by atoms with E-state index in [4.69, 9.17) is 9.15 Å². The van der Waals surface area contributed by atoms with E-state index in [9.17, 15) is 0 Å². The zero-order valence-corrected chi connectivity index (χ0v) is 15.0. The molecule has 26 heavy (non-hydrogen) atoms. The first kappa shape index (κ1) is 17.0. The van der Waals surface area contributed by atoms with Crippen molar-refractivity contribution < 1.29 is 9.15 Å². The van der Waals surface area contributed by atoms with Crippen LogP contribution in [0.25, 0.3) is 0 Å². The Bertz CT molecular complexity index is 827. The SMILES string of the molecule is Cc1ccc(CN2Cc3ccnn3C[C@@H](COCc3ccccn3)C2)o1. The van der Waals surface area contributed by atoms with E-state index in [1.165, 1.54) is 5.69 Å². The van der Waals surface area contributed by atoms with E-state index in [0.29, 0.717) is 19.1 Å². The van der Waals surface area contributed by atoms with Crippen LogP contribution in [0.4, 0.5) is 0 Å². The standard InChI is InChI=1S/C20H24N4O2/c1-16-5-6-20(26-16)13-23-10-17(11-24-19(12-23)7-9-22-24)14-25-15-18-4-2-3-8-21-18/h2-9,17H,10-15H2,1H3/t17-/m0/s1. The first-order valence-corrected chi connectivity index (χ1v) is 9.02. The van der Waals surface area contributed by atoms with Crippen molar-refractivity contribution in [2.24, 2.45) is 5.92 Å². The Kier molecular flexibility index (Phi) is 5.13. The summed E-state index contributed by atoms with van der Waals surface area (Å²) in [6.45, 7) is 6.70. The Balaban J connectivity index is 1.40. The topological polar surface area (TPSA) is 56.3 Å². The fraction of sp³-hybridized carbons (Fsp3) is 0.400. The Morgan fingerprint density at radius 2 is 2.12 bits per heavy atom. The molecule has 3 aromatic rings. The fourth-order valence-corrected chi connectivity index (χ4v) is 3.45. The lowest BCUT2D eigenvalue weighted by atomic mass is 10.1. The van der Waals surface area contributed by atoms with E-state index in [0.717, 1.165) is 43.4 Å². The highest BCUT2D eigenvalue weighted by Gasteiger charge is 2.23. The van der Waals surface area contributed by atoms with Gasteiger partial charge in [-0.15, -0.1) is 0 Å². The molecule has 6 heteroatoms. The second-order valence-electron chi connectivity index (χ2n) is 6.89. The van der Waals surface area contributed by atoms with Crippen molar-refractivity contribution in [2.45, 2.75) is 33.2 Å². The minimum Gasteiger partial charge on any atom is -0.465 e. The van der Waals surface area contributed by atoms with Crippen molar-refractivity contribution in [3.8, 4) is 0 Å². The lowest BCUT2D eigenvalue weighted by molar-refractivity contribution is 0.0629. The smallest absolute Gasteiger partial charge is 0.118 e. The van der Waals surface area contributed by atoms with Gasteiger partial charge in [-0.25, -0.2) is 0 Å². The molecule has 0 spiro atoms. The summed E-state index contributed by atoms with van der Waals surface area (Å²) in [6, 6.07) is 12.1. The van der Waals surface area contributed by atoms with Crippen LogP contribution in [0.2, 0.25) is 0 Å². The van der Waals surface area contributed by atoms with Crippen LogP contribution >= 0.6 is 0 Å². The van der Waals surface area contributed by atoms with Gasteiger partial charge in [0.2, 0.25) is 0 Å². The van der Waals surface area contributed by atoms with Crippen molar-refractivity contribution in [1.82, 2.24) is 19.7 Å². The predicted octanol–water partition coefficient (Wildman–Crippen LogP) is 3.03. The summed E-state index contributed by atoms with van der Waals surface area (Å²) in [6.07, 6.45) is 3.68. The van der Waals surface area contributed by atoms with Gasteiger partial charge in [0.25, 0.3) is 0 Å². The van der Waals surface area contributed by atoms with Gasteiger partial charge in [-0.2, -0.15) is 5.10 Å². The van der Waals surface area contributed by atoms with Crippen LogP contribution in [0.1, 0.15) is 22.9 Å². The second kappa shape index (κ2) is 7.85. The van der Waals surface area contributed by atoms with Crippen molar-refractivity contribution in [3.05, 3.63) is 71.7 Å². The first-order valence-electron chi connectivity index (χ1n) is 9.02. The highest BCUT2D eigenvalue weighted by molar-refractivity contribution is 5.07. The van der Waals surface area contributed by atoms with Crippen LogP contribution in [-0.2, 0) is 31.0 Å². The van der Waals surface area contributed by atoms with Crippen LogP contribution in [-0.4, -0.2) is 32.8 Å². The van der Waals surface area contributed by atoms with E-state index in [2.05, 4.69) is 31.8 Å². The number of aryl methyl sites for hydroxylation is 1. The molecule has 0 bridgehead atoms. The van der Waals surface area contributed by atoms with Gasteiger partial charge in [0.15, 0.2) is 0 Å². The average molecular weight is 352 g/mol. The summed E-state index contributed by atoms with van der Waals surface area (Å²) in [5.41, 5.74) is 2.20. The minimum absolute atomic E-state index is 0.371. The Labute approximate surface area is 153 Å². The molecule has 3 aromatic heterocycles. The molecule has 0 unspecified atom stereocenters. The van der Waals surface area contributed by atoms with Gasteiger partial charge in [-0.1, -0.05) is 6.07 Å². The number of aromatic nitrogens is 3. The molecule has 0 N–H and O–H groups in total. The minimum atomic E-state index is 0.371. The molecule has 6 nitrogen and oxygen atoms in total. The first-order chi connectivity index (χ1) is 12.8.